The lowest BCUT2D eigenvalue weighted by Crippen LogP contribution is -2.33. The van der Waals surface area contributed by atoms with Crippen LogP contribution in [0, 0.1) is 10.1 Å². The first-order valence-corrected chi connectivity index (χ1v) is 6.65. The Balaban J connectivity index is 1.98. The molecule has 0 bridgehead atoms. The summed E-state index contributed by atoms with van der Waals surface area (Å²) in [5.41, 5.74) is 0.800. The van der Waals surface area contributed by atoms with E-state index in [-0.39, 0.29) is 17.5 Å². The van der Waals surface area contributed by atoms with Crippen LogP contribution >= 0.6 is 0 Å². The third-order valence-electron chi connectivity index (χ3n) is 3.41. The summed E-state index contributed by atoms with van der Waals surface area (Å²) in [6, 6.07) is 3.13. The molecule has 2 heterocycles. The highest BCUT2D eigenvalue weighted by Gasteiger charge is 2.25. The summed E-state index contributed by atoms with van der Waals surface area (Å²) in [5.74, 6) is 0.534. The van der Waals surface area contributed by atoms with Crippen LogP contribution in [0.4, 0.5) is 11.4 Å². The van der Waals surface area contributed by atoms with E-state index in [1.807, 2.05) is 0 Å². The van der Waals surface area contributed by atoms with Gasteiger partial charge in [-0.2, -0.15) is 0 Å². The van der Waals surface area contributed by atoms with Crippen LogP contribution < -0.4 is 10.1 Å². The predicted octanol–water partition coefficient (Wildman–Crippen LogP) is 0.984. The van der Waals surface area contributed by atoms with Gasteiger partial charge in [0.2, 0.25) is 0 Å². The highest BCUT2D eigenvalue weighted by molar-refractivity contribution is 5.76. The van der Waals surface area contributed by atoms with E-state index in [9.17, 15) is 10.1 Å². The van der Waals surface area contributed by atoms with E-state index in [0.717, 1.165) is 13.0 Å². The second kappa shape index (κ2) is 5.93. The summed E-state index contributed by atoms with van der Waals surface area (Å²) in [7, 11) is 1.38. The highest BCUT2D eigenvalue weighted by atomic mass is 16.6. The van der Waals surface area contributed by atoms with Gasteiger partial charge in [0, 0.05) is 18.7 Å². The van der Waals surface area contributed by atoms with E-state index in [1.54, 1.807) is 6.07 Å². The summed E-state index contributed by atoms with van der Waals surface area (Å²) in [5, 5.41) is 27.8. The first-order valence-electron chi connectivity index (χ1n) is 6.65. The minimum absolute atomic E-state index is 0.0706. The minimum Gasteiger partial charge on any atom is -0.490 e. The molecule has 1 atom stereocenters. The molecule has 10 nitrogen and oxygen atoms in total. The molecule has 22 heavy (non-hydrogen) atoms. The molecule has 3 rings (SSSR count). The highest BCUT2D eigenvalue weighted by Crippen LogP contribution is 2.38. The number of hydrogen-bond acceptors (Lipinski definition) is 8. The molecule has 0 aliphatic carbocycles. The van der Waals surface area contributed by atoms with E-state index >= 15 is 0 Å². The Morgan fingerprint density at radius 3 is 2.95 bits per heavy atom. The molecule has 0 spiro atoms. The van der Waals surface area contributed by atoms with Crippen molar-refractivity contribution in [2.24, 2.45) is 0 Å². The number of ether oxygens (including phenoxy) is 2. The van der Waals surface area contributed by atoms with Gasteiger partial charge in [0.1, 0.15) is 5.69 Å². The Kier molecular flexibility index (Phi) is 3.83. The van der Waals surface area contributed by atoms with Gasteiger partial charge in [-0.1, -0.05) is 0 Å². The van der Waals surface area contributed by atoms with Gasteiger partial charge in [-0.3, -0.25) is 10.1 Å². The summed E-state index contributed by atoms with van der Waals surface area (Å²) < 4.78 is 10.4. The van der Waals surface area contributed by atoms with Crippen LogP contribution in [0.1, 0.15) is 6.42 Å². The van der Waals surface area contributed by atoms with Gasteiger partial charge in [-0.25, -0.2) is 5.10 Å². The molecule has 2 aromatic rings. The molecule has 1 aliphatic heterocycles. The van der Waals surface area contributed by atoms with Crippen LogP contribution in [0.2, 0.25) is 0 Å². The average molecular weight is 306 g/mol. The second-order valence-corrected chi connectivity index (χ2v) is 4.74. The predicted molar refractivity (Wildman–Crippen MR) is 75.7 cm³/mol. The lowest BCUT2D eigenvalue weighted by atomic mass is 10.1. The molecule has 1 aromatic carbocycles. The molecule has 2 N–H and O–H groups in total. The molecule has 1 saturated heterocycles. The number of rotatable bonds is 6. The van der Waals surface area contributed by atoms with Crippen molar-refractivity contribution in [2.75, 3.05) is 25.6 Å². The van der Waals surface area contributed by atoms with Gasteiger partial charge in [-0.15, -0.1) is 5.10 Å². The molecule has 0 saturated carbocycles. The molecular formula is C12H14N6O4. The number of nitrogens with zero attached hydrogens (tertiary/aromatic N) is 4. The molecule has 0 amide bonds. The summed E-state index contributed by atoms with van der Waals surface area (Å²) in [6.45, 7) is 1.21. The summed E-state index contributed by atoms with van der Waals surface area (Å²) in [4.78, 5) is 10.9. The number of aromatic amines is 1. The van der Waals surface area contributed by atoms with E-state index in [1.165, 1.54) is 13.2 Å². The average Bonchev–Trinajstić information content (AvgIpc) is 2.98. The van der Waals surface area contributed by atoms with E-state index in [2.05, 4.69) is 25.9 Å². The fourth-order valence-corrected chi connectivity index (χ4v) is 2.17. The van der Waals surface area contributed by atoms with Crippen LogP contribution in [-0.2, 0) is 4.74 Å². The van der Waals surface area contributed by atoms with Crippen molar-refractivity contribution < 1.29 is 14.4 Å². The van der Waals surface area contributed by atoms with Crippen molar-refractivity contribution >= 4 is 11.4 Å². The maximum atomic E-state index is 11.3. The largest absolute Gasteiger partial charge is 0.490 e. The molecular weight excluding hydrogens is 292 g/mol. The number of nitro groups is 1. The molecule has 116 valence electrons. The number of anilines is 1. The molecule has 0 radical (unpaired) electrons. The Morgan fingerprint density at radius 1 is 1.59 bits per heavy atom. The zero-order chi connectivity index (χ0) is 15.5. The van der Waals surface area contributed by atoms with Gasteiger partial charge < -0.3 is 14.8 Å². The number of tetrazole rings is 1. The first kappa shape index (κ1) is 14.2. The van der Waals surface area contributed by atoms with Crippen molar-refractivity contribution in [1.82, 2.24) is 20.6 Å². The second-order valence-electron chi connectivity index (χ2n) is 4.74. The van der Waals surface area contributed by atoms with Gasteiger partial charge in [0.25, 0.3) is 0 Å². The van der Waals surface area contributed by atoms with E-state index < -0.39 is 4.92 Å². The Morgan fingerprint density at radius 2 is 2.41 bits per heavy atom. The number of benzene rings is 1. The third-order valence-corrected chi connectivity index (χ3v) is 3.41. The molecule has 1 aliphatic rings. The zero-order valence-corrected chi connectivity index (χ0v) is 11.8. The lowest BCUT2D eigenvalue weighted by molar-refractivity contribution is -0.384. The topological polar surface area (TPSA) is 128 Å². The van der Waals surface area contributed by atoms with Gasteiger partial charge in [-0.05, 0) is 29.0 Å². The quantitative estimate of drug-likeness (QED) is 0.597. The Hall–Kier alpha value is -2.75. The number of H-pyrrole nitrogens is 1. The van der Waals surface area contributed by atoms with Crippen molar-refractivity contribution in [2.45, 2.75) is 12.5 Å². The van der Waals surface area contributed by atoms with Gasteiger partial charge in [0.05, 0.1) is 18.1 Å². The number of nitrogens with one attached hydrogen (secondary N) is 2. The minimum atomic E-state index is -0.481. The third kappa shape index (κ3) is 2.68. The Labute approximate surface area is 125 Å². The summed E-state index contributed by atoms with van der Waals surface area (Å²) in [6.07, 6.45) is 1.00. The lowest BCUT2D eigenvalue weighted by Gasteiger charge is -2.26. The van der Waals surface area contributed by atoms with Crippen LogP contribution in [0.5, 0.6) is 5.75 Å². The van der Waals surface area contributed by atoms with E-state index in [0.29, 0.717) is 23.6 Å². The normalized spacial score (nSPS) is 16.9. The molecule has 1 unspecified atom stereocenters. The maximum absolute atomic E-state index is 11.3. The fraction of sp³-hybridized carbons (Fsp3) is 0.417. The van der Waals surface area contributed by atoms with E-state index in [4.69, 9.17) is 9.47 Å². The number of aromatic nitrogens is 4. The van der Waals surface area contributed by atoms with Crippen molar-refractivity contribution in [3.8, 4) is 17.1 Å². The van der Waals surface area contributed by atoms with Crippen LogP contribution in [0.15, 0.2) is 12.1 Å². The standard InChI is InChI=1S/C12H14N6O4/c1-21-10-5-7(12-14-16-17-15-12)4-9(11(10)18(19)20)13-6-8-2-3-22-8/h4-5,8,13H,2-3,6H2,1H3,(H,14,15,16,17). The van der Waals surface area contributed by atoms with Crippen LogP contribution in [0.3, 0.4) is 0 Å². The Bertz CT molecular complexity index is 671. The number of nitro benzene ring substituents is 1. The maximum Gasteiger partial charge on any atom is 0.333 e. The van der Waals surface area contributed by atoms with Crippen LogP contribution in [-0.4, -0.2) is 51.9 Å². The molecule has 1 aromatic heterocycles. The fourth-order valence-electron chi connectivity index (χ4n) is 2.17. The van der Waals surface area contributed by atoms with Gasteiger partial charge in [0.15, 0.2) is 11.6 Å². The number of hydrogen-bond donors (Lipinski definition) is 2. The van der Waals surface area contributed by atoms with Gasteiger partial charge >= 0.3 is 5.69 Å². The SMILES string of the molecule is COc1cc(-c2nnn[nH]2)cc(NCC2CCO2)c1[N+](=O)[O-]. The van der Waals surface area contributed by atoms with Crippen molar-refractivity contribution in [3.05, 3.63) is 22.2 Å². The molecule has 10 heteroatoms. The van der Waals surface area contributed by atoms with Crippen molar-refractivity contribution in [3.63, 3.8) is 0 Å². The molecule has 1 fully saturated rings. The van der Waals surface area contributed by atoms with Crippen molar-refractivity contribution in [1.29, 1.82) is 0 Å². The zero-order valence-electron chi connectivity index (χ0n) is 11.8. The van der Waals surface area contributed by atoms with Crippen LogP contribution in [0.25, 0.3) is 11.4 Å². The first-order chi connectivity index (χ1) is 10.7. The monoisotopic (exact) mass is 306 g/mol. The number of methoxy groups -OCH3 is 1. The smallest absolute Gasteiger partial charge is 0.333 e. The summed E-state index contributed by atoms with van der Waals surface area (Å²) >= 11 is 0.